The zero-order chi connectivity index (χ0) is 13.1. The smallest absolute Gasteiger partial charge is 0.143 e. The first-order valence-electron chi connectivity index (χ1n) is 6.75. The number of imidazole rings is 1. The van der Waals surface area contributed by atoms with Crippen molar-refractivity contribution in [3.8, 4) is 11.4 Å². The molecular weight excluding hydrogens is 224 g/mol. The Morgan fingerprint density at radius 3 is 2.56 bits per heavy atom. The molecule has 4 nitrogen and oxygen atoms in total. The lowest BCUT2D eigenvalue weighted by Crippen LogP contribution is -2.03. The van der Waals surface area contributed by atoms with E-state index in [1.165, 1.54) is 18.5 Å². The average molecular weight is 246 g/mol. The maximum atomic E-state index is 4.49. The van der Waals surface area contributed by atoms with Gasteiger partial charge in [0.15, 0.2) is 0 Å². The normalized spacial score (nSPS) is 14.2. The van der Waals surface area contributed by atoms with Crippen LogP contribution in [0.4, 0.5) is 0 Å². The van der Waals surface area contributed by atoms with Gasteiger partial charge in [-0.3, -0.25) is 4.68 Å². The van der Waals surface area contributed by atoms with E-state index in [2.05, 4.69) is 21.6 Å². The summed E-state index contributed by atoms with van der Waals surface area (Å²) in [5.74, 6) is 1.92. The van der Waals surface area contributed by atoms with Crippen LogP contribution < -0.4 is 0 Å². The molecule has 1 aliphatic rings. The lowest BCUT2D eigenvalue weighted by atomic mass is 10.3. The van der Waals surface area contributed by atoms with Crippen LogP contribution in [0, 0.1) is 12.8 Å². The summed E-state index contributed by atoms with van der Waals surface area (Å²) in [5.41, 5.74) is 2.35. The van der Waals surface area contributed by atoms with E-state index in [-0.39, 0.29) is 0 Å². The minimum atomic E-state index is 0.864. The summed E-state index contributed by atoms with van der Waals surface area (Å²) in [6, 6.07) is 0. The third-order valence-electron chi connectivity index (χ3n) is 3.16. The van der Waals surface area contributed by atoms with Gasteiger partial charge in [0, 0.05) is 31.7 Å². The fraction of sp³-hybridized carbons (Fsp3) is 0.571. The first-order valence-corrected chi connectivity index (χ1v) is 6.75. The van der Waals surface area contributed by atoms with Crippen molar-refractivity contribution in [2.45, 2.75) is 40.2 Å². The molecule has 0 bridgehead atoms. The van der Waals surface area contributed by atoms with E-state index >= 15 is 0 Å². The van der Waals surface area contributed by atoms with Gasteiger partial charge in [0.1, 0.15) is 5.82 Å². The van der Waals surface area contributed by atoms with Crippen molar-refractivity contribution in [2.24, 2.45) is 13.0 Å². The van der Waals surface area contributed by atoms with Crippen molar-refractivity contribution in [3.63, 3.8) is 0 Å². The molecule has 2 heterocycles. The highest BCUT2D eigenvalue weighted by Gasteiger charge is 2.24. The summed E-state index contributed by atoms with van der Waals surface area (Å²) in [6.45, 7) is 7.23. The standard InChI is InChI=1S/C12H16N4.C2H6/c1-9-5-13-12(11-6-14-15(2)8-11)16(9)7-10-3-4-10;1-2/h5-6,8,10H,3-4,7H2,1-2H3;1-2H3. The summed E-state index contributed by atoms with van der Waals surface area (Å²) in [7, 11) is 1.94. The monoisotopic (exact) mass is 246 g/mol. The lowest BCUT2D eigenvalue weighted by Gasteiger charge is -2.07. The van der Waals surface area contributed by atoms with Gasteiger partial charge in [-0.15, -0.1) is 0 Å². The molecule has 0 spiro atoms. The van der Waals surface area contributed by atoms with Crippen molar-refractivity contribution in [2.75, 3.05) is 0 Å². The van der Waals surface area contributed by atoms with Crippen molar-refractivity contribution in [1.82, 2.24) is 19.3 Å². The van der Waals surface area contributed by atoms with E-state index in [9.17, 15) is 0 Å². The molecule has 1 fully saturated rings. The second-order valence-corrected chi connectivity index (χ2v) is 4.68. The van der Waals surface area contributed by atoms with Gasteiger partial charge >= 0.3 is 0 Å². The van der Waals surface area contributed by atoms with Crippen LogP contribution >= 0.6 is 0 Å². The van der Waals surface area contributed by atoms with Gasteiger partial charge in [0.05, 0.1) is 11.8 Å². The molecule has 3 rings (SSSR count). The molecule has 0 radical (unpaired) electrons. The molecule has 4 heteroatoms. The quantitative estimate of drug-likeness (QED) is 0.834. The van der Waals surface area contributed by atoms with E-state index in [0.717, 1.165) is 23.9 Å². The van der Waals surface area contributed by atoms with E-state index < -0.39 is 0 Å². The molecule has 2 aromatic heterocycles. The second-order valence-electron chi connectivity index (χ2n) is 4.68. The minimum absolute atomic E-state index is 0.864. The molecule has 1 saturated carbocycles. The molecule has 0 aromatic carbocycles. The summed E-state index contributed by atoms with van der Waals surface area (Å²) in [5, 5.41) is 4.20. The molecule has 0 atom stereocenters. The van der Waals surface area contributed by atoms with Gasteiger partial charge in [-0.2, -0.15) is 5.10 Å². The Hall–Kier alpha value is -1.58. The zero-order valence-corrected chi connectivity index (χ0v) is 11.7. The Bertz CT molecular complexity index is 506. The zero-order valence-electron chi connectivity index (χ0n) is 11.7. The predicted molar refractivity (Wildman–Crippen MR) is 73.2 cm³/mol. The van der Waals surface area contributed by atoms with Gasteiger partial charge in [0.2, 0.25) is 0 Å². The van der Waals surface area contributed by atoms with Crippen LogP contribution in [0.15, 0.2) is 18.6 Å². The number of aryl methyl sites for hydroxylation is 2. The largest absolute Gasteiger partial charge is 0.328 e. The van der Waals surface area contributed by atoms with Crippen LogP contribution in [0.2, 0.25) is 0 Å². The Morgan fingerprint density at radius 2 is 2.00 bits per heavy atom. The Balaban J connectivity index is 0.000000574. The Kier molecular flexibility index (Phi) is 3.84. The molecule has 0 aliphatic heterocycles. The van der Waals surface area contributed by atoms with Crippen LogP contribution in [0.25, 0.3) is 11.4 Å². The Morgan fingerprint density at radius 1 is 1.28 bits per heavy atom. The molecule has 0 amide bonds. The Labute approximate surface area is 109 Å². The van der Waals surface area contributed by atoms with Crippen molar-refractivity contribution < 1.29 is 0 Å². The van der Waals surface area contributed by atoms with Gasteiger partial charge in [0.25, 0.3) is 0 Å². The molecular formula is C14H22N4. The topological polar surface area (TPSA) is 35.6 Å². The fourth-order valence-electron chi connectivity index (χ4n) is 2.02. The van der Waals surface area contributed by atoms with Crippen molar-refractivity contribution in [3.05, 3.63) is 24.3 Å². The van der Waals surface area contributed by atoms with Gasteiger partial charge in [-0.05, 0) is 25.7 Å². The molecule has 0 saturated heterocycles. The highest BCUT2D eigenvalue weighted by Crippen LogP contribution is 2.32. The maximum absolute atomic E-state index is 4.49. The van der Waals surface area contributed by atoms with E-state index in [4.69, 9.17) is 0 Å². The van der Waals surface area contributed by atoms with E-state index in [1.807, 2.05) is 44.2 Å². The van der Waals surface area contributed by atoms with E-state index in [1.54, 1.807) is 0 Å². The highest BCUT2D eigenvalue weighted by atomic mass is 15.2. The summed E-state index contributed by atoms with van der Waals surface area (Å²) < 4.78 is 4.13. The number of aromatic nitrogens is 4. The highest BCUT2D eigenvalue weighted by molar-refractivity contribution is 5.53. The van der Waals surface area contributed by atoms with Crippen LogP contribution in [-0.4, -0.2) is 19.3 Å². The predicted octanol–water partition coefficient (Wildman–Crippen LogP) is 3.03. The first kappa shape index (κ1) is 12.9. The molecule has 18 heavy (non-hydrogen) atoms. The summed E-state index contributed by atoms with van der Waals surface area (Å²) in [4.78, 5) is 4.49. The van der Waals surface area contributed by atoms with Crippen molar-refractivity contribution in [1.29, 1.82) is 0 Å². The third kappa shape index (κ3) is 2.63. The summed E-state index contributed by atoms with van der Waals surface area (Å²) in [6.07, 6.45) is 8.58. The van der Waals surface area contributed by atoms with Crippen LogP contribution in [-0.2, 0) is 13.6 Å². The number of hydrogen-bond acceptors (Lipinski definition) is 2. The third-order valence-corrected chi connectivity index (χ3v) is 3.16. The average Bonchev–Trinajstić information content (AvgIpc) is 2.99. The maximum Gasteiger partial charge on any atom is 0.143 e. The fourth-order valence-corrected chi connectivity index (χ4v) is 2.02. The van der Waals surface area contributed by atoms with Gasteiger partial charge < -0.3 is 4.57 Å². The van der Waals surface area contributed by atoms with Gasteiger partial charge in [-0.1, -0.05) is 13.8 Å². The molecule has 0 N–H and O–H groups in total. The van der Waals surface area contributed by atoms with Crippen molar-refractivity contribution >= 4 is 0 Å². The van der Waals surface area contributed by atoms with Crippen LogP contribution in [0.5, 0.6) is 0 Å². The molecule has 1 aliphatic carbocycles. The first-order chi connectivity index (χ1) is 8.74. The van der Waals surface area contributed by atoms with Crippen LogP contribution in [0.3, 0.4) is 0 Å². The summed E-state index contributed by atoms with van der Waals surface area (Å²) >= 11 is 0. The molecule has 98 valence electrons. The molecule has 0 unspecified atom stereocenters. The van der Waals surface area contributed by atoms with Gasteiger partial charge in [-0.25, -0.2) is 4.98 Å². The number of nitrogens with zero attached hydrogens (tertiary/aromatic N) is 4. The lowest BCUT2D eigenvalue weighted by molar-refractivity contribution is 0.619. The van der Waals surface area contributed by atoms with Crippen LogP contribution in [0.1, 0.15) is 32.4 Å². The minimum Gasteiger partial charge on any atom is -0.328 e. The molecule has 2 aromatic rings. The second kappa shape index (κ2) is 5.38. The number of rotatable bonds is 3. The SMILES string of the molecule is CC.Cc1cnc(-c2cnn(C)c2)n1CC1CC1. The van der Waals surface area contributed by atoms with E-state index in [0.29, 0.717) is 0 Å². The number of hydrogen-bond donors (Lipinski definition) is 0.